The van der Waals surface area contributed by atoms with Crippen LogP contribution >= 0.6 is 0 Å². The molecule has 4 N–H and O–H groups in total. The highest BCUT2D eigenvalue weighted by Gasteiger charge is 2.57. The van der Waals surface area contributed by atoms with Crippen molar-refractivity contribution in [2.75, 3.05) is 6.61 Å². The number of aliphatic hydroxyl groups excluding tert-OH is 4. The molecule has 2 fully saturated rings. The van der Waals surface area contributed by atoms with E-state index in [2.05, 4.69) is 19.9 Å². The van der Waals surface area contributed by atoms with Crippen molar-refractivity contribution < 1.29 is 20.4 Å². The molecule has 0 bridgehead atoms. The lowest BCUT2D eigenvalue weighted by atomic mass is 9.46. The summed E-state index contributed by atoms with van der Waals surface area (Å²) in [5.74, 6) is 0.741. The normalized spacial score (nSPS) is 48.9. The Hall–Kier alpha value is -0.420. The quantitative estimate of drug-likeness (QED) is 0.582. The van der Waals surface area contributed by atoms with Crippen molar-refractivity contribution in [3.63, 3.8) is 0 Å². The lowest BCUT2D eigenvalue weighted by Gasteiger charge is -2.60. The van der Waals surface area contributed by atoms with Gasteiger partial charge in [-0.2, -0.15) is 0 Å². The Labute approximate surface area is 145 Å². The largest absolute Gasteiger partial charge is 0.394 e. The fourth-order valence-corrected chi connectivity index (χ4v) is 5.89. The first kappa shape index (κ1) is 18.4. The van der Waals surface area contributed by atoms with E-state index in [1.54, 1.807) is 0 Å². The summed E-state index contributed by atoms with van der Waals surface area (Å²) < 4.78 is 0. The molecule has 0 aliphatic heterocycles. The van der Waals surface area contributed by atoms with E-state index in [9.17, 15) is 20.4 Å². The second kappa shape index (κ2) is 5.80. The number of allylic oxidation sites excluding steroid dienone is 1. The van der Waals surface area contributed by atoms with Crippen LogP contribution in [0.25, 0.3) is 0 Å². The van der Waals surface area contributed by atoms with Gasteiger partial charge in [0.25, 0.3) is 0 Å². The molecule has 3 aliphatic carbocycles. The summed E-state index contributed by atoms with van der Waals surface area (Å²) in [5.41, 5.74) is 0.788. The van der Waals surface area contributed by atoms with Crippen LogP contribution in [-0.2, 0) is 0 Å². The predicted octanol–water partition coefficient (Wildman–Crippen LogP) is 2.25. The van der Waals surface area contributed by atoms with Crippen LogP contribution in [0.5, 0.6) is 0 Å². The molecule has 7 atom stereocenters. The zero-order valence-corrected chi connectivity index (χ0v) is 15.5. The highest BCUT2D eigenvalue weighted by molar-refractivity contribution is 5.29. The summed E-state index contributed by atoms with van der Waals surface area (Å²) in [6.07, 6.45) is 4.64. The Kier molecular flexibility index (Phi) is 4.44. The van der Waals surface area contributed by atoms with Crippen molar-refractivity contribution in [3.8, 4) is 0 Å². The van der Waals surface area contributed by atoms with Crippen LogP contribution in [0.1, 0.15) is 59.8 Å². The van der Waals surface area contributed by atoms with Gasteiger partial charge in [0.1, 0.15) is 0 Å². The number of aliphatic hydroxyl groups is 4. The third-order valence-electron chi connectivity index (χ3n) is 7.98. The zero-order chi connectivity index (χ0) is 17.9. The molecule has 0 radical (unpaired) electrons. The predicted molar refractivity (Wildman–Crippen MR) is 93.2 cm³/mol. The third-order valence-corrected chi connectivity index (χ3v) is 7.98. The average Bonchev–Trinajstić information content (AvgIpc) is 2.53. The van der Waals surface area contributed by atoms with E-state index < -0.39 is 18.3 Å². The Morgan fingerprint density at radius 1 is 1.17 bits per heavy atom. The van der Waals surface area contributed by atoms with Crippen LogP contribution < -0.4 is 0 Å². The van der Waals surface area contributed by atoms with Gasteiger partial charge in [0.05, 0.1) is 24.9 Å². The standard InChI is InChI=1S/C20H34O4/c1-18(2)13-6-5-12-10-19(3,16(23)11-21)7-8-20(12,4)14(13)9-15(22)17(18)24/h6,12,14-17,21-24H,5,7-11H2,1-4H3/t12-,14-,15+,16-,17+,19-,20-/m0/s1. The van der Waals surface area contributed by atoms with Crippen molar-refractivity contribution in [2.24, 2.45) is 28.1 Å². The van der Waals surface area contributed by atoms with Gasteiger partial charge in [0.2, 0.25) is 0 Å². The van der Waals surface area contributed by atoms with E-state index in [1.807, 2.05) is 13.8 Å². The van der Waals surface area contributed by atoms with E-state index in [1.165, 1.54) is 5.57 Å². The van der Waals surface area contributed by atoms with Crippen molar-refractivity contribution in [1.82, 2.24) is 0 Å². The van der Waals surface area contributed by atoms with Gasteiger partial charge < -0.3 is 20.4 Å². The summed E-state index contributed by atoms with van der Waals surface area (Å²) in [6.45, 7) is 8.34. The van der Waals surface area contributed by atoms with Gasteiger partial charge in [-0.3, -0.25) is 0 Å². The fourth-order valence-electron chi connectivity index (χ4n) is 5.89. The lowest BCUT2D eigenvalue weighted by Crippen LogP contribution is -2.57. The maximum absolute atomic E-state index is 10.5. The Morgan fingerprint density at radius 3 is 2.46 bits per heavy atom. The van der Waals surface area contributed by atoms with E-state index in [-0.39, 0.29) is 22.9 Å². The van der Waals surface area contributed by atoms with Gasteiger partial charge in [0, 0.05) is 5.41 Å². The second-order valence-electron chi connectivity index (χ2n) is 9.68. The van der Waals surface area contributed by atoms with E-state index in [4.69, 9.17) is 0 Å². The number of fused-ring (bicyclic) bond motifs is 3. The minimum Gasteiger partial charge on any atom is -0.394 e. The molecule has 0 unspecified atom stereocenters. The lowest BCUT2D eigenvalue weighted by molar-refractivity contribution is -0.125. The average molecular weight is 338 g/mol. The van der Waals surface area contributed by atoms with E-state index in [0.29, 0.717) is 18.3 Å². The summed E-state index contributed by atoms with van der Waals surface area (Å²) in [4.78, 5) is 0. The number of hydrogen-bond acceptors (Lipinski definition) is 4. The highest BCUT2D eigenvalue weighted by Crippen LogP contribution is 2.63. The van der Waals surface area contributed by atoms with E-state index >= 15 is 0 Å². The molecule has 0 aromatic carbocycles. The third kappa shape index (κ3) is 2.49. The van der Waals surface area contributed by atoms with Gasteiger partial charge in [0.15, 0.2) is 0 Å². The Balaban J connectivity index is 1.93. The van der Waals surface area contributed by atoms with Crippen LogP contribution in [0.4, 0.5) is 0 Å². The first-order valence-corrected chi connectivity index (χ1v) is 9.42. The molecule has 0 spiro atoms. The smallest absolute Gasteiger partial charge is 0.0887 e. The molecule has 0 aromatic heterocycles. The van der Waals surface area contributed by atoms with Crippen molar-refractivity contribution in [2.45, 2.75) is 78.1 Å². The number of rotatable bonds is 2. The molecule has 0 saturated heterocycles. The molecule has 4 nitrogen and oxygen atoms in total. The fraction of sp³-hybridized carbons (Fsp3) is 0.900. The first-order chi connectivity index (χ1) is 11.1. The van der Waals surface area contributed by atoms with Gasteiger partial charge in [-0.25, -0.2) is 0 Å². The molecule has 138 valence electrons. The molecule has 3 rings (SSSR count). The van der Waals surface area contributed by atoms with Crippen LogP contribution in [-0.4, -0.2) is 45.3 Å². The number of hydrogen-bond donors (Lipinski definition) is 4. The maximum atomic E-state index is 10.5. The van der Waals surface area contributed by atoms with Gasteiger partial charge in [-0.1, -0.05) is 39.3 Å². The minimum atomic E-state index is -0.704. The molecule has 2 saturated carbocycles. The van der Waals surface area contributed by atoms with Gasteiger partial charge >= 0.3 is 0 Å². The molecule has 0 heterocycles. The minimum absolute atomic E-state index is 0.0944. The molecule has 0 aromatic rings. The van der Waals surface area contributed by atoms with Crippen LogP contribution in [0, 0.1) is 28.1 Å². The Morgan fingerprint density at radius 2 is 1.83 bits per heavy atom. The summed E-state index contributed by atoms with van der Waals surface area (Å²) in [5, 5.41) is 40.6. The summed E-state index contributed by atoms with van der Waals surface area (Å²) in [7, 11) is 0. The Bertz CT molecular complexity index is 528. The van der Waals surface area contributed by atoms with Crippen LogP contribution in [0.2, 0.25) is 0 Å². The SMILES string of the molecule is CC1(C)C2=CC[C@H]3C[C@@](C)([C@@H](O)CO)CC[C@]3(C)[C@H]2C[C@@H](O)[C@H]1O. The van der Waals surface area contributed by atoms with Gasteiger partial charge in [-0.05, 0) is 54.8 Å². The summed E-state index contributed by atoms with van der Waals surface area (Å²) >= 11 is 0. The van der Waals surface area contributed by atoms with Gasteiger partial charge in [-0.15, -0.1) is 0 Å². The summed E-state index contributed by atoms with van der Waals surface area (Å²) in [6, 6.07) is 0. The molecule has 4 heteroatoms. The van der Waals surface area contributed by atoms with Crippen LogP contribution in [0.15, 0.2) is 11.6 Å². The van der Waals surface area contributed by atoms with Crippen molar-refractivity contribution in [1.29, 1.82) is 0 Å². The van der Waals surface area contributed by atoms with E-state index in [0.717, 1.165) is 25.7 Å². The highest BCUT2D eigenvalue weighted by atomic mass is 16.3. The topological polar surface area (TPSA) is 80.9 Å². The van der Waals surface area contributed by atoms with Crippen molar-refractivity contribution in [3.05, 3.63) is 11.6 Å². The molecular weight excluding hydrogens is 304 g/mol. The zero-order valence-electron chi connectivity index (χ0n) is 15.5. The van der Waals surface area contributed by atoms with Crippen molar-refractivity contribution >= 4 is 0 Å². The molecule has 3 aliphatic rings. The molecule has 0 amide bonds. The molecular formula is C20H34O4. The maximum Gasteiger partial charge on any atom is 0.0887 e. The van der Waals surface area contributed by atoms with Crippen LogP contribution in [0.3, 0.4) is 0 Å². The monoisotopic (exact) mass is 338 g/mol. The molecule has 24 heavy (non-hydrogen) atoms. The second-order valence-corrected chi connectivity index (χ2v) is 9.68. The first-order valence-electron chi connectivity index (χ1n) is 9.42.